The van der Waals surface area contributed by atoms with E-state index in [2.05, 4.69) is 4.98 Å². The van der Waals surface area contributed by atoms with Crippen LogP contribution in [0, 0.1) is 13.8 Å². The molecule has 7 nitrogen and oxygen atoms in total. The first kappa shape index (κ1) is 21.5. The average molecular weight is 408 g/mol. The first-order valence-corrected chi connectivity index (χ1v) is 8.99. The van der Waals surface area contributed by atoms with E-state index in [1.54, 1.807) is 20.8 Å². The van der Waals surface area contributed by atoms with E-state index in [0.717, 1.165) is 0 Å². The monoisotopic (exact) mass is 407 g/mol. The van der Waals surface area contributed by atoms with Crippen molar-refractivity contribution < 1.29 is 28.6 Å². The van der Waals surface area contributed by atoms with Crippen LogP contribution in [-0.2, 0) is 4.74 Å². The quantitative estimate of drug-likeness (QED) is 0.526. The van der Waals surface area contributed by atoms with E-state index < -0.39 is 18.4 Å². The highest BCUT2D eigenvalue weighted by Gasteiger charge is 2.22. The molecule has 1 aromatic carbocycles. The molecule has 1 N–H and O–H groups in total. The number of aromatic amines is 1. The molecule has 0 saturated carbocycles. The number of aromatic nitrogens is 1. The Kier molecular flexibility index (Phi) is 6.85. The van der Waals surface area contributed by atoms with Crippen molar-refractivity contribution >= 4 is 29.1 Å². The highest BCUT2D eigenvalue weighted by Crippen LogP contribution is 2.36. The predicted molar refractivity (Wildman–Crippen MR) is 104 cm³/mol. The average Bonchev–Trinajstić information content (AvgIpc) is 2.95. The first-order valence-electron chi connectivity index (χ1n) is 8.61. The Labute approximate surface area is 167 Å². The molecule has 0 aliphatic heterocycles. The largest absolute Gasteiger partial charge is 0.493 e. The van der Waals surface area contributed by atoms with Crippen LogP contribution in [0.2, 0.25) is 5.02 Å². The van der Waals surface area contributed by atoms with Crippen LogP contribution in [0.3, 0.4) is 0 Å². The van der Waals surface area contributed by atoms with Crippen LogP contribution in [0.4, 0.5) is 0 Å². The minimum Gasteiger partial charge on any atom is -0.493 e. The summed E-state index contributed by atoms with van der Waals surface area (Å²) in [6.07, 6.45) is 0. The Hall–Kier alpha value is -2.80. The van der Waals surface area contributed by atoms with Gasteiger partial charge in [-0.1, -0.05) is 11.6 Å². The van der Waals surface area contributed by atoms with Gasteiger partial charge in [0.15, 0.2) is 23.9 Å². The standard InChI is InChI=1S/C20H22ClNO6/c1-6-27-19-14(21)7-13(8-16(19)26-5)20(25)28-9-15(24)18-10(2)17(12(4)23)11(3)22-18/h7-8,22H,6,9H2,1-5H3. The number of hydrogen-bond donors (Lipinski definition) is 1. The zero-order valence-corrected chi connectivity index (χ0v) is 17.2. The maximum Gasteiger partial charge on any atom is 0.338 e. The summed E-state index contributed by atoms with van der Waals surface area (Å²) < 4.78 is 15.7. The van der Waals surface area contributed by atoms with Crippen molar-refractivity contribution in [1.82, 2.24) is 4.98 Å². The number of esters is 1. The zero-order chi connectivity index (χ0) is 21.0. The summed E-state index contributed by atoms with van der Waals surface area (Å²) in [5.41, 5.74) is 1.98. The molecule has 0 saturated heterocycles. The molecular formula is C20H22ClNO6. The molecule has 0 unspecified atom stereocenters. The van der Waals surface area contributed by atoms with Gasteiger partial charge in [0.1, 0.15) is 0 Å². The van der Waals surface area contributed by atoms with Crippen LogP contribution >= 0.6 is 11.6 Å². The Balaban J connectivity index is 2.16. The Bertz CT molecular complexity index is 931. The van der Waals surface area contributed by atoms with Crippen molar-refractivity contribution in [2.45, 2.75) is 27.7 Å². The second-order valence-electron chi connectivity index (χ2n) is 6.10. The number of hydrogen-bond acceptors (Lipinski definition) is 6. The lowest BCUT2D eigenvalue weighted by Crippen LogP contribution is -2.16. The molecule has 0 spiro atoms. The van der Waals surface area contributed by atoms with Gasteiger partial charge >= 0.3 is 5.97 Å². The summed E-state index contributed by atoms with van der Waals surface area (Å²) in [6.45, 7) is 6.51. The maximum absolute atomic E-state index is 12.4. The summed E-state index contributed by atoms with van der Waals surface area (Å²) in [5, 5.41) is 0.196. The number of H-pyrrole nitrogens is 1. The van der Waals surface area contributed by atoms with Gasteiger partial charge in [0, 0.05) is 11.3 Å². The van der Waals surface area contributed by atoms with Crippen molar-refractivity contribution in [1.29, 1.82) is 0 Å². The zero-order valence-electron chi connectivity index (χ0n) is 16.4. The fourth-order valence-corrected chi connectivity index (χ4v) is 3.23. The fourth-order valence-electron chi connectivity index (χ4n) is 2.97. The van der Waals surface area contributed by atoms with Crippen LogP contribution in [-0.4, -0.2) is 42.8 Å². The fraction of sp³-hybridized carbons (Fsp3) is 0.350. The number of halogens is 1. The lowest BCUT2D eigenvalue weighted by atomic mass is 10.1. The molecule has 150 valence electrons. The second kappa shape index (κ2) is 8.93. The number of ether oxygens (including phenoxy) is 3. The molecule has 2 aromatic rings. The topological polar surface area (TPSA) is 94.7 Å². The Morgan fingerprint density at radius 2 is 1.86 bits per heavy atom. The molecule has 8 heteroatoms. The predicted octanol–water partition coefficient (Wildman–Crippen LogP) is 3.93. The molecule has 2 rings (SSSR count). The third-order valence-electron chi connectivity index (χ3n) is 4.16. The van der Waals surface area contributed by atoms with Crippen LogP contribution < -0.4 is 9.47 Å². The van der Waals surface area contributed by atoms with E-state index in [1.807, 2.05) is 0 Å². The van der Waals surface area contributed by atoms with Gasteiger partial charge in [0.2, 0.25) is 5.78 Å². The van der Waals surface area contributed by atoms with Gasteiger partial charge in [0.25, 0.3) is 0 Å². The molecule has 0 bridgehead atoms. The van der Waals surface area contributed by atoms with Crippen LogP contribution in [0.15, 0.2) is 12.1 Å². The van der Waals surface area contributed by atoms with Crippen LogP contribution in [0.1, 0.15) is 56.3 Å². The number of nitrogens with one attached hydrogen (secondary N) is 1. The minimum absolute atomic E-state index is 0.127. The molecule has 0 radical (unpaired) electrons. The summed E-state index contributed by atoms with van der Waals surface area (Å²) in [4.78, 5) is 39.3. The van der Waals surface area contributed by atoms with Crippen LogP contribution in [0.5, 0.6) is 11.5 Å². The highest BCUT2D eigenvalue weighted by atomic mass is 35.5. The van der Waals surface area contributed by atoms with Gasteiger partial charge in [-0.3, -0.25) is 9.59 Å². The van der Waals surface area contributed by atoms with Crippen molar-refractivity contribution in [3.8, 4) is 11.5 Å². The number of benzene rings is 1. The van der Waals surface area contributed by atoms with Crippen molar-refractivity contribution in [2.24, 2.45) is 0 Å². The van der Waals surface area contributed by atoms with Gasteiger partial charge in [-0.05, 0) is 45.4 Å². The van der Waals surface area contributed by atoms with Gasteiger partial charge in [-0.15, -0.1) is 0 Å². The lowest BCUT2D eigenvalue weighted by Gasteiger charge is -2.12. The number of rotatable bonds is 8. The summed E-state index contributed by atoms with van der Waals surface area (Å²) >= 11 is 6.15. The van der Waals surface area contributed by atoms with Gasteiger partial charge in [-0.25, -0.2) is 4.79 Å². The summed E-state index contributed by atoms with van der Waals surface area (Å²) in [6, 6.07) is 2.82. The smallest absolute Gasteiger partial charge is 0.338 e. The number of carbonyl (C=O) groups excluding carboxylic acids is 3. The minimum atomic E-state index is -0.732. The van der Waals surface area contributed by atoms with E-state index >= 15 is 0 Å². The third kappa shape index (κ3) is 4.36. The normalized spacial score (nSPS) is 10.5. The van der Waals surface area contributed by atoms with Gasteiger partial charge < -0.3 is 19.2 Å². The van der Waals surface area contributed by atoms with E-state index in [1.165, 1.54) is 26.2 Å². The molecule has 0 fully saturated rings. The molecule has 0 amide bonds. The number of aryl methyl sites for hydroxylation is 1. The van der Waals surface area contributed by atoms with E-state index in [0.29, 0.717) is 29.2 Å². The summed E-state index contributed by atoms with van der Waals surface area (Å²) in [5.74, 6) is -0.698. The van der Waals surface area contributed by atoms with E-state index in [4.69, 9.17) is 25.8 Å². The van der Waals surface area contributed by atoms with Crippen LogP contribution in [0.25, 0.3) is 0 Å². The van der Waals surface area contributed by atoms with Gasteiger partial charge in [-0.2, -0.15) is 0 Å². The highest BCUT2D eigenvalue weighted by molar-refractivity contribution is 6.32. The number of ketones is 2. The first-order chi connectivity index (χ1) is 13.2. The van der Waals surface area contributed by atoms with E-state index in [-0.39, 0.29) is 27.8 Å². The molecule has 1 aromatic heterocycles. The molecule has 0 aliphatic carbocycles. The number of Topliss-reactive ketones (excluding diaryl/α,β-unsaturated/α-hetero) is 2. The van der Waals surface area contributed by atoms with E-state index in [9.17, 15) is 14.4 Å². The molecule has 1 heterocycles. The second-order valence-corrected chi connectivity index (χ2v) is 6.51. The SMILES string of the molecule is CCOc1c(Cl)cc(C(=O)OCC(=O)c2[nH]c(C)c(C(C)=O)c2C)cc1OC. The number of methoxy groups -OCH3 is 1. The molecule has 0 aliphatic rings. The molecular weight excluding hydrogens is 386 g/mol. The van der Waals surface area contributed by atoms with Crippen molar-refractivity contribution in [2.75, 3.05) is 20.3 Å². The van der Waals surface area contributed by atoms with Crippen molar-refractivity contribution in [3.05, 3.63) is 45.2 Å². The third-order valence-corrected chi connectivity index (χ3v) is 4.44. The van der Waals surface area contributed by atoms with Gasteiger partial charge in [0.05, 0.1) is 30.0 Å². The Morgan fingerprint density at radius 1 is 1.18 bits per heavy atom. The lowest BCUT2D eigenvalue weighted by molar-refractivity contribution is 0.0473. The Morgan fingerprint density at radius 3 is 2.39 bits per heavy atom. The molecule has 0 atom stereocenters. The molecule has 28 heavy (non-hydrogen) atoms. The van der Waals surface area contributed by atoms with Crippen molar-refractivity contribution in [3.63, 3.8) is 0 Å². The number of carbonyl (C=O) groups is 3. The maximum atomic E-state index is 12.4. The summed E-state index contributed by atoms with van der Waals surface area (Å²) in [7, 11) is 1.43.